The number of pyridine rings is 1. The van der Waals surface area contributed by atoms with E-state index in [2.05, 4.69) is 10.3 Å². The molecule has 1 aliphatic heterocycles. The van der Waals surface area contributed by atoms with Crippen LogP contribution in [0.2, 0.25) is 0 Å². The van der Waals surface area contributed by atoms with Crippen molar-refractivity contribution in [2.45, 2.75) is 12.3 Å². The third-order valence-corrected chi connectivity index (χ3v) is 3.25. The normalized spacial score (nSPS) is 18.3. The van der Waals surface area contributed by atoms with Gasteiger partial charge in [-0.15, -0.1) is 0 Å². The highest BCUT2D eigenvalue weighted by Crippen LogP contribution is 2.36. The summed E-state index contributed by atoms with van der Waals surface area (Å²) in [6.07, 6.45) is 4.64. The smallest absolute Gasteiger partial charge is 0.125 e. The molecule has 0 spiro atoms. The molecule has 0 saturated carbocycles. The predicted octanol–water partition coefficient (Wildman–Crippen LogP) is 3.17. The minimum absolute atomic E-state index is 0.188. The Morgan fingerprint density at radius 1 is 1.18 bits per heavy atom. The maximum atomic E-state index is 13.2. The third kappa shape index (κ3) is 1.88. The number of hydrogen-bond donors (Lipinski definition) is 1. The summed E-state index contributed by atoms with van der Waals surface area (Å²) in [6.45, 7) is 0.878. The monoisotopic (exact) mass is 228 g/mol. The van der Waals surface area contributed by atoms with Crippen LogP contribution in [0.5, 0.6) is 0 Å². The second-order valence-electron chi connectivity index (χ2n) is 4.28. The average molecular weight is 228 g/mol. The summed E-state index contributed by atoms with van der Waals surface area (Å²) in [5.74, 6) is 0.154. The molecule has 1 atom stereocenters. The zero-order valence-corrected chi connectivity index (χ0v) is 9.36. The van der Waals surface area contributed by atoms with Crippen LogP contribution in [-0.4, -0.2) is 11.5 Å². The molecule has 2 nitrogen and oxygen atoms in total. The second-order valence-corrected chi connectivity index (χ2v) is 4.28. The van der Waals surface area contributed by atoms with Crippen LogP contribution in [0.1, 0.15) is 23.5 Å². The van der Waals surface area contributed by atoms with E-state index in [4.69, 9.17) is 0 Å². The molecular weight excluding hydrogens is 215 g/mol. The Morgan fingerprint density at radius 3 is 2.82 bits per heavy atom. The minimum atomic E-state index is -0.188. The van der Waals surface area contributed by atoms with E-state index in [0.29, 0.717) is 5.92 Å². The van der Waals surface area contributed by atoms with Crippen molar-refractivity contribution in [3.8, 4) is 0 Å². The first-order chi connectivity index (χ1) is 8.34. The highest BCUT2D eigenvalue weighted by atomic mass is 19.1. The molecule has 2 heterocycles. The van der Waals surface area contributed by atoms with Crippen LogP contribution in [-0.2, 0) is 0 Å². The number of nitrogens with zero attached hydrogens (tertiary/aromatic N) is 1. The molecule has 3 rings (SSSR count). The number of benzene rings is 1. The number of hydrogen-bond acceptors (Lipinski definition) is 2. The molecule has 86 valence electrons. The SMILES string of the molecule is Fc1ccc2c(c1)NCCC2c1ccncc1. The minimum Gasteiger partial charge on any atom is -0.385 e. The average Bonchev–Trinajstić information content (AvgIpc) is 2.39. The van der Waals surface area contributed by atoms with Crippen molar-refractivity contribution in [2.75, 3.05) is 11.9 Å². The molecule has 0 bridgehead atoms. The molecule has 0 radical (unpaired) electrons. The first-order valence-corrected chi connectivity index (χ1v) is 5.78. The van der Waals surface area contributed by atoms with Gasteiger partial charge >= 0.3 is 0 Å². The van der Waals surface area contributed by atoms with Gasteiger partial charge in [0.1, 0.15) is 5.82 Å². The molecule has 2 aromatic rings. The van der Waals surface area contributed by atoms with Crippen molar-refractivity contribution in [1.29, 1.82) is 0 Å². The lowest BCUT2D eigenvalue weighted by molar-refractivity contribution is 0.623. The van der Waals surface area contributed by atoms with E-state index >= 15 is 0 Å². The molecule has 1 unspecified atom stereocenters. The standard InChI is InChI=1S/C14H13FN2/c15-11-1-2-13-12(5-8-17-14(13)9-11)10-3-6-16-7-4-10/h1-4,6-7,9,12,17H,5,8H2. The Hall–Kier alpha value is -1.90. The van der Waals surface area contributed by atoms with Gasteiger partial charge < -0.3 is 5.32 Å². The highest BCUT2D eigenvalue weighted by molar-refractivity contribution is 5.57. The van der Waals surface area contributed by atoms with E-state index in [9.17, 15) is 4.39 Å². The van der Waals surface area contributed by atoms with Gasteiger partial charge in [-0.25, -0.2) is 4.39 Å². The van der Waals surface area contributed by atoms with Gasteiger partial charge in [0.25, 0.3) is 0 Å². The van der Waals surface area contributed by atoms with Gasteiger partial charge in [-0.1, -0.05) is 6.07 Å². The van der Waals surface area contributed by atoms with Crippen LogP contribution >= 0.6 is 0 Å². The molecular formula is C14H13FN2. The second kappa shape index (κ2) is 4.17. The van der Waals surface area contributed by atoms with Gasteiger partial charge in [0.15, 0.2) is 0 Å². The van der Waals surface area contributed by atoms with Gasteiger partial charge in [-0.05, 0) is 41.8 Å². The predicted molar refractivity (Wildman–Crippen MR) is 65.6 cm³/mol. The van der Waals surface area contributed by atoms with Crippen molar-refractivity contribution < 1.29 is 4.39 Å². The van der Waals surface area contributed by atoms with E-state index in [1.54, 1.807) is 18.5 Å². The van der Waals surface area contributed by atoms with Crippen LogP contribution in [0.3, 0.4) is 0 Å². The fourth-order valence-corrected chi connectivity index (χ4v) is 2.43. The van der Waals surface area contributed by atoms with E-state index in [1.807, 2.05) is 18.2 Å². The Morgan fingerprint density at radius 2 is 2.00 bits per heavy atom. The van der Waals surface area contributed by atoms with Crippen molar-refractivity contribution in [1.82, 2.24) is 4.98 Å². The van der Waals surface area contributed by atoms with Gasteiger partial charge in [0.2, 0.25) is 0 Å². The van der Waals surface area contributed by atoms with Crippen LogP contribution in [0.25, 0.3) is 0 Å². The Bertz CT molecular complexity index is 525. The molecule has 0 fully saturated rings. The van der Waals surface area contributed by atoms with Gasteiger partial charge in [-0.2, -0.15) is 0 Å². The summed E-state index contributed by atoms with van der Waals surface area (Å²) in [7, 11) is 0. The van der Waals surface area contributed by atoms with Crippen LogP contribution in [0.15, 0.2) is 42.7 Å². The number of aromatic nitrogens is 1. The number of rotatable bonds is 1. The summed E-state index contributed by atoms with van der Waals surface area (Å²) in [6, 6.07) is 9.04. The fraction of sp³-hybridized carbons (Fsp3) is 0.214. The number of anilines is 1. The van der Waals surface area contributed by atoms with Gasteiger partial charge in [-0.3, -0.25) is 4.98 Å². The number of nitrogens with one attached hydrogen (secondary N) is 1. The van der Waals surface area contributed by atoms with Crippen molar-refractivity contribution >= 4 is 5.69 Å². The maximum absolute atomic E-state index is 13.2. The lowest BCUT2D eigenvalue weighted by Gasteiger charge is -2.27. The fourth-order valence-electron chi connectivity index (χ4n) is 2.43. The van der Waals surface area contributed by atoms with E-state index in [-0.39, 0.29) is 5.82 Å². The summed E-state index contributed by atoms with van der Waals surface area (Å²) >= 11 is 0. The lowest BCUT2D eigenvalue weighted by Crippen LogP contribution is -2.17. The zero-order valence-electron chi connectivity index (χ0n) is 9.36. The molecule has 1 aromatic heterocycles. The maximum Gasteiger partial charge on any atom is 0.125 e. The number of fused-ring (bicyclic) bond motifs is 1. The Labute approximate surface area is 99.5 Å². The summed E-state index contributed by atoms with van der Waals surface area (Å²) < 4.78 is 13.2. The summed E-state index contributed by atoms with van der Waals surface area (Å²) in [4.78, 5) is 4.03. The molecule has 1 aliphatic rings. The largest absolute Gasteiger partial charge is 0.385 e. The molecule has 0 amide bonds. The van der Waals surface area contributed by atoms with Crippen LogP contribution in [0.4, 0.5) is 10.1 Å². The molecule has 0 aliphatic carbocycles. The van der Waals surface area contributed by atoms with E-state index in [0.717, 1.165) is 18.7 Å². The molecule has 17 heavy (non-hydrogen) atoms. The molecule has 0 saturated heterocycles. The molecule has 3 heteroatoms. The Kier molecular flexibility index (Phi) is 2.52. The molecule has 1 aromatic carbocycles. The quantitative estimate of drug-likeness (QED) is 0.811. The van der Waals surface area contributed by atoms with Gasteiger partial charge in [0, 0.05) is 30.5 Å². The zero-order chi connectivity index (χ0) is 11.7. The van der Waals surface area contributed by atoms with E-state index < -0.39 is 0 Å². The summed E-state index contributed by atoms with van der Waals surface area (Å²) in [5, 5.41) is 3.25. The van der Waals surface area contributed by atoms with E-state index in [1.165, 1.54) is 17.2 Å². The van der Waals surface area contributed by atoms with Crippen LogP contribution in [0, 0.1) is 5.82 Å². The lowest BCUT2D eigenvalue weighted by atomic mass is 9.86. The Balaban J connectivity index is 2.06. The topological polar surface area (TPSA) is 24.9 Å². The van der Waals surface area contributed by atoms with Crippen LogP contribution < -0.4 is 5.32 Å². The third-order valence-electron chi connectivity index (χ3n) is 3.25. The van der Waals surface area contributed by atoms with Crippen molar-refractivity contribution in [3.05, 3.63) is 59.7 Å². The van der Waals surface area contributed by atoms with Crippen molar-refractivity contribution in [2.24, 2.45) is 0 Å². The first-order valence-electron chi connectivity index (χ1n) is 5.78. The van der Waals surface area contributed by atoms with Gasteiger partial charge in [0.05, 0.1) is 0 Å². The highest BCUT2D eigenvalue weighted by Gasteiger charge is 2.21. The first kappa shape index (κ1) is 10.3. The van der Waals surface area contributed by atoms with Crippen molar-refractivity contribution in [3.63, 3.8) is 0 Å². The molecule has 1 N–H and O–H groups in total. The number of halogens is 1. The summed E-state index contributed by atoms with van der Waals surface area (Å²) in [5.41, 5.74) is 3.33.